The number of benzene rings is 2. The van der Waals surface area contributed by atoms with Crippen LogP contribution in [0.5, 0.6) is 17.2 Å². The van der Waals surface area contributed by atoms with E-state index in [0.29, 0.717) is 22.8 Å². The van der Waals surface area contributed by atoms with E-state index >= 15 is 0 Å². The summed E-state index contributed by atoms with van der Waals surface area (Å²) in [4.78, 5) is 12.3. The lowest BCUT2D eigenvalue weighted by Gasteiger charge is -2.22. The SMILES string of the molecule is COc1cccc(/C=N\NC(=O)CN(c2ccc(OC)c(OC)c2)S(C)(=O)=O)c1. The van der Waals surface area contributed by atoms with Gasteiger partial charge in [-0.2, -0.15) is 5.10 Å². The first-order valence-electron chi connectivity index (χ1n) is 8.44. The minimum Gasteiger partial charge on any atom is -0.497 e. The number of carbonyl (C=O) groups is 1. The first-order valence-corrected chi connectivity index (χ1v) is 10.3. The maximum Gasteiger partial charge on any atom is 0.260 e. The van der Waals surface area contributed by atoms with Crippen molar-refractivity contribution >= 4 is 27.8 Å². The van der Waals surface area contributed by atoms with Gasteiger partial charge in [0.05, 0.1) is 39.5 Å². The summed E-state index contributed by atoms with van der Waals surface area (Å²) < 4.78 is 40.8. The molecule has 0 spiro atoms. The zero-order chi connectivity index (χ0) is 21.4. The van der Waals surface area contributed by atoms with Crippen LogP contribution in [0.2, 0.25) is 0 Å². The van der Waals surface area contributed by atoms with Crippen molar-refractivity contribution in [2.45, 2.75) is 0 Å². The van der Waals surface area contributed by atoms with Crippen LogP contribution in [0.15, 0.2) is 47.6 Å². The third-order valence-electron chi connectivity index (χ3n) is 3.84. The van der Waals surface area contributed by atoms with Crippen LogP contribution in [0.4, 0.5) is 5.69 Å². The Bertz CT molecular complexity index is 991. The van der Waals surface area contributed by atoms with Crippen molar-refractivity contribution in [3.63, 3.8) is 0 Å². The van der Waals surface area contributed by atoms with E-state index in [9.17, 15) is 13.2 Å². The molecule has 0 saturated heterocycles. The van der Waals surface area contributed by atoms with Gasteiger partial charge in [0.15, 0.2) is 11.5 Å². The second-order valence-corrected chi connectivity index (χ2v) is 7.79. The van der Waals surface area contributed by atoms with Gasteiger partial charge in [0.25, 0.3) is 5.91 Å². The van der Waals surface area contributed by atoms with E-state index in [4.69, 9.17) is 14.2 Å². The molecule has 1 N–H and O–H groups in total. The molecule has 2 aromatic carbocycles. The number of carbonyl (C=O) groups excluding carboxylic acids is 1. The number of hydrazone groups is 1. The quantitative estimate of drug-likeness (QED) is 0.487. The van der Waals surface area contributed by atoms with Crippen molar-refractivity contribution < 1.29 is 27.4 Å². The Labute approximate surface area is 169 Å². The number of ether oxygens (including phenoxy) is 3. The Balaban J connectivity index is 2.14. The van der Waals surface area contributed by atoms with Crippen molar-refractivity contribution in [2.75, 3.05) is 38.4 Å². The minimum absolute atomic E-state index is 0.261. The summed E-state index contributed by atoms with van der Waals surface area (Å²) >= 11 is 0. The first-order chi connectivity index (χ1) is 13.8. The summed E-state index contributed by atoms with van der Waals surface area (Å²) in [7, 11) is 0.720. The van der Waals surface area contributed by atoms with Crippen LogP contribution in [0.3, 0.4) is 0 Å². The molecule has 0 saturated carbocycles. The monoisotopic (exact) mass is 421 g/mol. The molecule has 10 heteroatoms. The highest BCUT2D eigenvalue weighted by Crippen LogP contribution is 2.32. The fourth-order valence-electron chi connectivity index (χ4n) is 2.45. The van der Waals surface area contributed by atoms with Gasteiger partial charge in [0.1, 0.15) is 12.3 Å². The normalized spacial score (nSPS) is 11.2. The first kappa shape index (κ1) is 22.0. The molecule has 0 heterocycles. The summed E-state index contributed by atoms with van der Waals surface area (Å²) in [6.07, 6.45) is 2.44. The molecule has 2 rings (SSSR count). The number of hydrogen-bond donors (Lipinski definition) is 1. The lowest BCUT2D eigenvalue weighted by atomic mass is 10.2. The van der Waals surface area contributed by atoms with Crippen LogP contribution in [0.25, 0.3) is 0 Å². The largest absolute Gasteiger partial charge is 0.497 e. The molecule has 9 nitrogen and oxygen atoms in total. The van der Waals surface area contributed by atoms with Crippen molar-refractivity contribution in [2.24, 2.45) is 5.10 Å². The maximum atomic E-state index is 12.3. The molecule has 156 valence electrons. The third kappa shape index (κ3) is 6.11. The van der Waals surface area contributed by atoms with Crippen LogP contribution < -0.4 is 23.9 Å². The average Bonchev–Trinajstić information content (AvgIpc) is 2.70. The number of nitrogens with one attached hydrogen (secondary N) is 1. The van der Waals surface area contributed by atoms with Crippen molar-refractivity contribution in [3.05, 3.63) is 48.0 Å². The van der Waals surface area contributed by atoms with E-state index in [2.05, 4.69) is 10.5 Å². The third-order valence-corrected chi connectivity index (χ3v) is 4.98. The van der Waals surface area contributed by atoms with Gasteiger partial charge in [0.2, 0.25) is 10.0 Å². The molecule has 0 aliphatic rings. The van der Waals surface area contributed by atoms with Crippen LogP contribution >= 0.6 is 0 Å². The summed E-state index contributed by atoms with van der Waals surface area (Å²) in [5.74, 6) is 0.827. The van der Waals surface area contributed by atoms with Crippen LogP contribution in [0.1, 0.15) is 5.56 Å². The van der Waals surface area contributed by atoms with E-state index < -0.39 is 22.5 Å². The Kier molecular flexibility index (Phi) is 7.43. The van der Waals surface area contributed by atoms with Gasteiger partial charge in [-0.25, -0.2) is 13.8 Å². The lowest BCUT2D eigenvalue weighted by Crippen LogP contribution is -2.39. The van der Waals surface area contributed by atoms with Crippen molar-refractivity contribution in [1.82, 2.24) is 5.43 Å². The van der Waals surface area contributed by atoms with Crippen molar-refractivity contribution in [3.8, 4) is 17.2 Å². The molecule has 0 atom stereocenters. The Morgan fingerprint density at radius 3 is 2.41 bits per heavy atom. The van der Waals surface area contributed by atoms with Gasteiger partial charge in [-0.3, -0.25) is 9.10 Å². The Morgan fingerprint density at radius 2 is 1.79 bits per heavy atom. The number of rotatable bonds is 9. The predicted molar refractivity (Wildman–Crippen MR) is 110 cm³/mol. The fraction of sp³-hybridized carbons (Fsp3) is 0.263. The second-order valence-electron chi connectivity index (χ2n) is 5.88. The Hall–Kier alpha value is -3.27. The van der Waals surface area contributed by atoms with Crippen LogP contribution in [-0.2, 0) is 14.8 Å². The molecule has 1 amide bonds. The van der Waals surface area contributed by atoms with Gasteiger partial charge in [0, 0.05) is 6.07 Å². The van der Waals surface area contributed by atoms with Gasteiger partial charge < -0.3 is 14.2 Å². The van der Waals surface area contributed by atoms with Gasteiger partial charge >= 0.3 is 0 Å². The lowest BCUT2D eigenvalue weighted by molar-refractivity contribution is -0.119. The van der Waals surface area contributed by atoms with Gasteiger partial charge in [-0.1, -0.05) is 12.1 Å². The summed E-state index contributed by atoms with van der Waals surface area (Å²) in [5, 5.41) is 3.86. The zero-order valence-corrected chi connectivity index (χ0v) is 17.4. The number of amides is 1. The predicted octanol–water partition coefficient (Wildman–Crippen LogP) is 1.63. The highest BCUT2D eigenvalue weighted by molar-refractivity contribution is 7.92. The van der Waals surface area contributed by atoms with E-state index in [1.165, 1.54) is 32.6 Å². The summed E-state index contributed by atoms with van der Waals surface area (Å²) in [6.45, 7) is -0.455. The molecule has 0 bridgehead atoms. The van der Waals surface area contributed by atoms with Gasteiger partial charge in [-0.05, 0) is 29.8 Å². The fourth-order valence-corrected chi connectivity index (χ4v) is 3.29. The van der Waals surface area contributed by atoms with E-state index in [-0.39, 0.29) is 5.69 Å². The minimum atomic E-state index is -3.74. The van der Waals surface area contributed by atoms with E-state index in [0.717, 1.165) is 10.6 Å². The molecule has 0 aliphatic heterocycles. The molecule has 0 radical (unpaired) electrons. The Morgan fingerprint density at radius 1 is 1.07 bits per heavy atom. The number of sulfonamides is 1. The molecular formula is C19H23N3O6S. The number of anilines is 1. The number of hydrogen-bond acceptors (Lipinski definition) is 7. The molecule has 2 aromatic rings. The second kappa shape index (κ2) is 9.78. The van der Waals surface area contributed by atoms with E-state index in [1.807, 2.05) is 0 Å². The average molecular weight is 421 g/mol. The highest BCUT2D eigenvalue weighted by Gasteiger charge is 2.22. The smallest absolute Gasteiger partial charge is 0.260 e. The van der Waals surface area contributed by atoms with Crippen LogP contribution in [-0.4, -0.2) is 54.7 Å². The maximum absolute atomic E-state index is 12.3. The summed E-state index contributed by atoms with van der Waals surface area (Å²) in [5.41, 5.74) is 3.29. The highest BCUT2D eigenvalue weighted by atomic mass is 32.2. The molecular weight excluding hydrogens is 398 g/mol. The van der Waals surface area contributed by atoms with Crippen LogP contribution in [0, 0.1) is 0 Å². The standard InChI is InChI=1S/C19H23N3O6S/c1-26-16-7-5-6-14(10-16)12-20-21-19(23)13-22(29(4,24)25)15-8-9-17(27-2)18(11-15)28-3/h5-12H,13H2,1-4H3,(H,21,23)/b20-12-. The molecule has 29 heavy (non-hydrogen) atoms. The van der Waals surface area contributed by atoms with E-state index in [1.54, 1.807) is 37.4 Å². The molecule has 0 aliphatic carbocycles. The summed E-state index contributed by atoms with van der Waals surface area (Å²) in [6, 6.07) is 11.6. The van der Waals surface area contributed by atoms with Gasteiger partial charge in [-0.15, -0.1) is 0 Å². The topological polar surface area (TPSA) is 107 Å². The van der Waals surface area contributed by atoms with Crippen molar-refractivity contribution in [1.29, 1.82) is 0 Å². The molecule has 0 fully saturated rings. The molecule has 0 aromatic heterocycles. The number of methoxy groups -OCH3 is 3. The molecule has 0 unspecified atom stereocenters. The zero-order valence-electron chi connectivity index (χ0n) is 16.6. The number of nitrogens with zero attached hydrogens (tertiary/aromatic N) is 2.